The molecule has 0 aromatic heterocycles. The van der Waals surface area contributed by atoms with Gasteiger partial charge in [0.05, 0.1) is 26.4 Å². The van der Waals surface area contributed by atoms with Crippen LogP contribution in [0.4, 0.5) is 9.59 Å². The maximum absolute atomic E-state index is 14.3. The Morgan fingerprint density at radius 3 is 0.764 bits per heavy atom. The summed E-state index contributed by atoms with van der Waals surface area (Å²) in [4.78, 5) is 87.7. The molecule has 6 amide bonds. The van der Waals surface area contributed by atoms with E-state index in [2.05, 4.69) is 42.5 Å². The fourth-order valence-corrected chi connectivity index (χ4v) is 7.94. The quantitative estimate of drug-likeness (QED) is 0.171. The molecule has 0 radical (unpaired) electrons. The molecule has 72 heavy (non-hydrogen) atoms. The van der Waals surface area contributed by atoms with Gasteiger partial charge < -0.3 is 80.8 Å². The van der Waals surface area contributed by atoms with Crippen molar-refractivity contribution in [1.29, 1.82) is 0 Å². The summed E-state index contributed by atoms with van der Waals surface area (Å²) in [5, 5.41) is 25.8. The molecular weight excluding hydrogens is 933 g/mol. The second-order valence-corrected chi connectivity index (χ2v) is 25.0. The zero-order valence-corrected chi connectivity index (χ0v) is 47.1. The third-order valence-electron chi connectivity index (χ3n) is 12.3. The standard InChI is InChI=1S/C50H94N10O12/c1-41(2,3)71-39(65)59-19-23-67-47(15)31-51-27-45(11,12)57-37(63)49(17,33-53-29-43(7,8)55-35(47)61)69-25-21-60(40(66)72-42(4,5)6)22-26-70-50(18)34-54-30-44(9,10)56-36(62)48(16,68-24-20-59)32-52-28-46(13,14)58-38(50)64/h51-54H,19-34H2,1-18H3,(H,55,61)(H,56,62)(H,57,63)(H,58,64)/t47-,48-,49-,50-/m1/s1. The average Bonchev–Trinajstić information content (AvgIpc) is 3.19. The van der Waals surface area contributed by atoms with E-state index in [4.69, 9.17) is 28.4 Å². The largest absolute Gasteiger partial charge is 0.444 e. The number of nitrogens with one attached hydrogen (secondary N) is 8. The van der Waals surface area contributed by atoms with E-state index in [0.29, 0.717) is 0 Å². The van der Waals surface area contributed by atoms with Crippen LogP contribution in [-0.2, 0) is 47.6 Å². The van der Waals surface area contributed by atoms with Crippen molar-refractivity contribution in [2.45, 2.75) is 180 Å². The van der Waals surface area contributed by atoms with Crippen molar-refractivity contribution >= 4 is 35.8 Å². The minimum absolute atomic E-state index is 0.00184. The second-order valence-electron chi connectivity index (χ2n) is 25.0. The van der Waals surface area contributed by atoms with Crippen molar-refractivity contribution in [2.75, 3.05) is 105 Å². The average molecular weight is 1030 g/mol. The van der Waals surface area contributed by atoms with E-state index < -0.39 is 91.6 Å². The van der Waals surface area contributed by atoms with E-state index in [1.807, 2.05) is 55.4 Å². The van der Waals surface area contributed by atoms with Crippen LogP contribution in [0.5, 0.6) is 0 Å². The summed E-state index contributed by atoms with van der Waals surface area (Å²) in [5.41, 5.74) is -11.0. The molecular formula is C50H94N10O12. The molecule has 0 aliphatic carbocycles. The van der Waals surface area contributed by atoms with Gasteiger partial charge in [0.1, 0.15) is 11.2 Å². The number of ether oxygens (including phenoxy) is 6. The molecule has 0 spiro atoms. The first-order chi connectivity index (χ1) is 32.7. The van der Waals surface area contributed by atoms with Crippen LogP contribution in [0.2, 0.25) is 0 Å². The highest BCUT2D eigenvalue weighted by Gasteiger charge is 2.44. The molecule has 416 valence electrons. The number of nitrogens with zero attached hydrogens (tertiary/aromatic N) is 2. The summed E-state index contributed by atoms with van der Waals surface area (Å²) in [7, 11) is 0. The maximum Gasteiger partial charge on any atom is 0.410 e. The van der Waals surface area contributed by atoms with Crippen LogP contribution < -0.4 is 42.5 Å². The molecule has 0 saturated carbocycles. The van der Waals surface area contributed by atoms with Crippen molar-refractivity contribution < 1.29 is 57.2 Å². The topological polar surface area (TPSA) is 261 Å². The summed E-state index contributed by atoms with van der Waals surface area (Å²) in [6, 6.07) is 0. The first-order valence-electron chi connectivity index (χ1n) is 25.4. The lowest BCUT2D eigenvalue weighted by Gasteiger charge is -2.40. The highest BCUT2D eigenvalue weighted by atomic mass is 16.6. The number of rotatable bonds is 0. The van der Waals surface area contributed by atoms with E-state index in [1.165, 1.54) is 9.80 Å². The predicted molar refractivity (Wildman–Crippen MR) is 273 cm³/mol. The molecule has 6 saturated heterocycles. The Kier molecular flexibility index (Phi) is 21.0. The predicted octanol–water partition coefficient (Wildman–Crippen LogP) is 1.54. The molecule has 6 aliphatic heterocycles. The lowest BCUT2D eigenvalue weighted by Crippen LogP contribution is -2.65. The van der Waals surface area contributed by atoms with Crippen molar-refractivity contribution in [1.82, 2.24) is 52.3 Å². The number of amides is 6. The van der Waals surface area contributed by atoms with Crippen LogP contribution in [0.15, 0.2) is 0 Å². The zero-order valence-electron chi connectivity index (χ0n) is 47.1. The van der Waals surface area contributed by atoms with Crippen molar-refractivity contribution in [3.63, 3.8) is 0 Å². The van der Waals surface area contributed by atoms with E-state index in [-0.39, 0.29) is 105 Å². The maximum atomic E-state index is 14.3. The fourth-order valence-electron chi connectivity index (χ4n) is 7.94. The minimum Gasteiger partial charge on any atom is -0.444 e. The Hall–Kier alpha value is -3.90. The summed E-state index contributed by atoms with van der Waals surface area (Å²) in [5.74, 6) is -1.64. The summed E-state index contributed by atoms with van der Waals surface area (Å²) < 4.78 is 37.3. The monoisotopic (exact) mass is 1030 g/mol. The lowest BCUT2D eigenvalue weighted by molar-refractivity contribution is -0.151. The number of hydrogen-bond donors (Lipinski definition) is 8. The van der Waals surface area contributed by atoms with Gasteiger partial charge in [0, 0.05) is 101 Å². The van der Waals surface area contributed by atoms with E-state index in [9.17, 15) is 28.8 Å². The molecule has 6 heterocycles. The van der Waals surface area contributed by atoms with Gasteiger partial charge in [-0.25, -0.2) is 9.59 Å². The number of carbonyl (C=O) groups is 6. The van der Waals surface area contributed by atoms with Gasteiger partial charge in [0.2, 0.25) is 0 Å². The Bertz CT molecular complexity index is 1650. The van der Waals surface area contributed by atoms with E-state index in [1.54, 1.807) is 69.2 Å². The first-order valence-corrected chi connectivity index (χ1v) is 25.4. The molecule has 4 atom stereocenters. The van der Waals surface area contributed by atoms with Gasteiger partial charge in [0.25, 0.3) is 23.6 Å². The van der Waals surface area contributed by atoms with Gasteiger partial charge >= 0.3 is 12.2 Å². The Balaban J connectivity index is 2.15. The molecule has 4 bridgehead atoms. The minimum atomic E-state index is -1.46. The van der Waals surface area contributed by atoms with Gasteiger partial charge in [-0.15, -0.1) is 0 Å². The smallest absolute Gasteiger partial charge is 0.410 e. The van der Waals surface area contributed by atoms with Crippen LogP contribution in [0.25, 0.3) is 0 Å². The van der Waals surface area contributed by atoms with Gasteiger partial charge in [-0.2, -0.15) is 0 Å². The van der Waals surface area contributed by atoms with Crippen molar-refractivity contribution in [3.05, 3.63) is 0 Å². The molecule has 8 N–H and O–H groups in total. The van der Waals surface area contributed by atoms with Crippen LogP contribution in [0.1, 0.15) is 125 Å². The van der Waals surface area contributed by atoms with Gasteiger partial charge in [0.15, 0.2) is 22.4 Å². The zero-order chi connectivity index (χ0) is 54.8. The molecule has 22 nitrogen and oxygen atoms in total. The van der Waals surface area contributed by atoms with Crippen LogP contribution in [-0.4, -0.2) is 206 Å². The summed E-state index contributed by atoms with van der Waals surface area (Å²) >= 11 is 0. The number of hydrogen-bond acceptors (Lipinski definition) is 16. The molecule has 6 rings (SSSR count). The van der Waals surface area contributed by atoms with Crippen molar-refractivity contribution in [2.24, 2.45) is 0 Å². The molecule has 0 unspecified atom stereocenters. The SMILES string of the molecule is CC1(C)CNC[C@@]2(C)OCCN(C(=O)OC(C)(C)C)CCO[C@]3(C)CNCC(C)(C)NC(=O)[C@@](C)(CNCC(C)(C)NC3=O)OCCN(C(=O)OC(C)(C)C)CCO[C@](C)(CNCC(C)(C)NC2=O)C(=O)N1. The van der Waals surface area contributed by atoms with E-state index in [0.717, 1.165) is 0 Å². The highest BCUT2D eigenvalue weighted by molar-refractivity contribution is 5.87. The normalized spacial score (nSPS) is 30.9. The second kappa shape index (κ2) is 24.2. The fraction of sp³-hybridized carbons (Fsp3) is 0.880. The molecule has 0 aromatic carbocycles. The van der Waals surface area contributed by atoms with Crippen LogP contribution in [0, 0.1) is 0 Å². The highest BCUT2D eigenvalue weighted by Crippen LogP contribution is 2.21. The number of carbonyl (C=O) groups excluding carboxylic acids is 6. The van der Waals surface area contributed by atoms with E-state index >= 15 is 0 Å². The van der Waals surface area contributed by atoms with Crippen molar-refractivity contribution in [3.8, 4) is 0 Å². The summed E-state index contributed by atoms with van der Waals surface area (Å²) in [6.07, 6.45) is -1.28. The third kappa shape index (κ3) is 20.1. The summed E-state index contributed by atoms with van der Waals surface area (Å²) in [6.45, 7) is 32.6. The molecule has 6 aliphatic rings. The molecule has 0 aromatic rings. The van der Waals surface area contributed by atoms with Gasteiger partial charge in [-0.1, -0.05) is 0 Å². The molecule has 6 fully saturated rings. The van der Waals surface area contributed by atoms with Crippen LogP contribution >= 0.6 is 0 Å². The lowest BCUT2D eigenvalue weighted by atomic mass is 9.96. The first kappa shape index (κ1) is 62.4. The van der Waals surface area contributed by atoms with Gasteiger partial charge in [-0.3, -0.25) is 19.2 Å². The van der Waals surface area contributed by atoms with Gasteiger partial charge in [-0.05, 0) is 125 Å². The Labute approximate surface area is 429 Å². The molecule has 22 heteroatoms. The van der Waals surface area contributed by atoms with Crippen LogP contribution in [0.3, 0.4) is 0 Å². The third-order valence-corrected chi connectivity index (χ3v) is 12.3. The Morgan fingerprint density at radius 1 is 0.389 bits per heavy atom. The Morgan fingerprint density at radius 2 is 0.583 bits per heavy atom.